The normalized spacial score (nSPS) is 12.6. The molecule has 0 aliphatic heterocycles. The summed E-state index contributed by atoms with van der Waals surface area (Å²) >= 11 is 6.04. The Morgan fingerprint density at radius 2 is 1.51 bits per heavy atom. The molecule has 2 amide bonds. The molecule has 188 valence electrons. The van der Waals surface area contributed by atoms with E-state index in [1.807, 2.05) is 6.07 Å². The molecule has 13 heteroatoms. The molecule has 0 aliphatic rings. The van der Waals surface area contributed by atoms with Crippen molar-refractivity contribution in [2.24, 2.45) is 0 Å². The fourth-order valence-electron chi connectivity index (χ4n) is 2.97. The molecule has 0 unspecified atom stereocenters. The van der Waals surface area contributed by atoms with E-state index in [9.17, 15) is 40.3 Å². The average molecular weight is 524 g/mol. The van der Waals surface area contributed by atoms with Crippen LogP contribution in [0.3, 0.4) is 0 Å². The Balaban J connectivity index is 2.55. The lowest BCUT2D eigenvalue weighted by Gasteiger charge is -2.30. The van der Waals surface area contributed by atoms with Crippen molar-refractivity contribution in [2.75, 3.05) is 5.32 Å². The summed E-state index contributed by atoms with van der Waals surface area (Å²) in [5.74, 6) is -2.06. The van der Waals surface area contributed by atoms with Gasteiger partial charge in [-0.2, -0.15) is 31.6 Å². The first-order valence-corrected chi connectivity index (χ1v) is 10.0. The summed E-state index contributed by atoms with van der Waals surface area (Å²) in [7, 11) is 0. The zero-order valence-corrected chi connectivity index (χ0v) is 19.0. The second kappa shape index (κ2) is 9.37. The van der Waals surface area contributed by atoms with E-state index >= 15 is 0 Å². The van der Waals surface area contributed by atoms with Gasteiger partial charge in [-0.15, -0.1) is 0 Å². The number of anilines is 1. The molecule has 0 bridgehead atoms. The number of carbonyl (C=O) groups is 2. The molecule has 0 saturated heterocycles. The van der Waals surface area contributed by atoms with E-state index in [1.54, 1.807) is 0 Å². The van der Waals surface area contributed by atoms with Gasteiger partial charge in [-0.05, 0) is 44.5 Å². The number of rotatable bonds is 5. The fraction of sp³-hybridized carbons (Fsp3) is 0.318. The molecule has 0 saturated carbocycles. The van der Waals surface area contributed by atoms with E-state index in [-0.39, 0.29) is 22.2 Å². The van der Waals surface area contributed by atoms with Crippen LogP contribution >= 0.6 is 11.6 Å². The van der Waals surface area contributed by atoms with Gasteiger partial charge in [-0.3, -0.25) is 9.59 Å². The van der Waals surface area contributed by atoms with Crippen LogP contribution < -0.4 is 10.6 Å². The number of hydrogen-bond donors (Lipinski definition) is 2. The average Bonchev–Trinajstić information content (AvgIpc) is 2.72. The quantitative estimate of drug-likeness (QED) is 0.456. The molecule has 0 spiro atoms. The fourth-order valence-corrected chi connectivity index (χ4v) is 3.23. The summed E-state index contributed by atoms with van der Waals surface area (Å²) in [5.41, 5.74) is -10.2. The maximum absolute atomic E-state index is 14.5. The standard InChI is InChI=1S/C22H17ClF7N3O2/c1-11-7-8-12(20(24,21(25,26)27)22(28,29)30)9-15(11)32-18(35)16-13(5-4-6-14(16)23)17(34)33-19(2,3)10-31/h4-9H,1-3H3,(H,32,35)(H,33,34). The lowest BCUT2D eigenvalue weighted by Crippen LogP contribution is -2.50. The molecule has 5 nitrogen and oxygen atoms in total. The van der Waals surface area contributed by atoms with Crippen LogP contribution in [0.4, 0.5) is 36.4 Å². The van der Waals surface area contributed by atoms with Crippen LogP contribution in [-0.4, -0.2) is 29.7 Å². The summed E-state index contributed by atoms with van der Waals surface area (Å²) in [5, 5.41) is 13.2. The van der Waals surface area contributed by atoms with Gasteiger partial charge in [0.25, 0.3) is 11.8 Å². The zero-order valence-electron chi connectivity index (χ0n) is 18.3. The molecule has 0 atom stereocenters. The third-order valence-electron chi connectivity index (χ3n) is 4.86. The first kappa shape index (κ1) is 27.9. The van der Waals surface area contributed by atoms with Crippen molar-refractivity contribution in [3.63, 3.8) is 0 Å². The Bertz CT molecular complexity index is 1190. The molecular formula is C22H17ClF7N3O2. The number of benzene rings is 2. The third kappa shape index (κ3) is 5.51. The van der Waals surface area contributed by atoms with Crippen molar-refractivity contribution >= 4 is 29.1 Å². The molecule has 0 aromatic heterocycles. The van der Waals surface area contributed by atoms with Crippen LogP contribution in [0.2, 0.25) is 5.02 Å². The predicted molar refractivity (Wildman–Crippen MR) is 113 cm³/mol. The Morgan fingerprint density at radius 1 is 0.943 bits per heavy atom. The maximum atomic E-state index is 14.5. The van der Waals surface area contributed by atoms with Crippen molar-refractivity contribution in [3.8, 4) is 6.07 Å². The van der Waals surface area contributed by atoms with Crippen LogP contribution in [0.5, 0.6) is 0 Å². The molecule has 2 rings (SSSR count). The number of alkyl halides is 7. The van der Waals surface area contributed by atoms with Gasteiger partial charge in [-0.25, -0.2) is 4.39 Å². The lowest BCUT2D eigenvalue weighted by atomic mass is 9.92. The molecule has 0 fully saturated rings. The minimum atomic E-state index is -6.34. The van der Waals surface area contributed by atoms with Gasteiger partial charge < -0.3 is 10.6 Å². The highest BCUT2D eigenvalue weighted by Crippen LogP contribution is 2.53. The number of nitriles is 1. The van der Waals surface area contributed by atoms with E-state index in [2.05, 4.69) is 10.6 Å². The number of nitrogens with one attached hydrogen (secondary N) is 2. The zero-order chi connectivity index (χ0) is 27.0. The van der Waals surface area contributed by atoms with Gasteiger partial charge in [-0.1, -0.05) is 29.8 Å². The second-order valence-corrected chi connectivity index (χ2v) is 8.40. The van der Waals surface area contributed by atoms with Crippen LogP contribution in [0.15, 0.2) is 36.4 Å². The summed E-state index contributed by atoms with van der Waals surface area (Å²) < 4.78 is 93.3. The first-order valence-electron chi connectivity index (χ1n) is 9.63. The van der Waals surface area contributed by atoms with E-state index in [1.165, 1.54) is 39.0 Å². The minimum Gasteiger partial charge on any atom is -0.334 e. The number of carbonyl (C=O) groups excluding carboxylic acids is 2. The molecule has 0 aliphatic carbocycles. The van der Waals surface area contributed by atoms with Crippen LogP contribution in [0.1, 0.15) is 45.7 Å². The van der Waals surface area contributed by atoms with E-state index in [4.69, 9.17) is 16.9 Å². The van der Waals surface area contributed by atoms with Crippen molar-refractivity contribution in [1.82, 2.24) is 5.32 Å². The molecule has 2 aromatic rings. The van der Waals surface area contributed by atoms with Gasteiger partial charge >= 0.3 is 18.0 Å². The molecule has 35 heavy (non-hydrogen) atoms. The number of aryl methyl sites for hydroxylation is 1. The Morgan fingerprint density at radius 3 is 2.03 bits per heavy atom. The van der Waals surface area contributed by atoms with Gasteiger partial charge in [0.2, 0.25) is 0 Å². The summed E-state index contributed by atoms with van der Waals surface area (Å²) in [6, 6.07) is 6.80. The molecule has 0 heterocycles. The number of amides is 2. The lowest BCUT2D eigenvalue weighted by molar-refractivity contribution is -0.348. The molecule has 0 radical (unpaired) electrons. The predicted octanol–water partition coefficient (Wildman–Crippen LogP) is 6.22. The summed E-state index contributed by atoms with van der Waals surface area (Å²) in [6.07, 6.45) is -12.7. The Hall–Kier alpha value is -3.33. The highest BCUT2D eigenvalue weighted by Gasteiger charge is 2.73. The molecule has 2 N–H and O–H groups in total. The van der Waals surface area contributed by atoms with Crippen LogP contribution in [-0.2, 0) is 5.67 Å². The van der Waals surface area contributed by atoms with Gasteiger partial charge in [0.1, 0.15) is 5.54 Å². The van der Waals surface area contributed by atoms with Gasteiger partial charge in [0, 0.05) is 11.3 Å². The monoisotopic (exact) mass is 523 g/mol. The Labute approximate surface area is 199 Å². The largest absolute Gasteiger partial charge is 0.435 e. The van der Waals surface area contributed by atoms with E-state index in [0.717, 1.165) is 6.07 Å². The highest BCUT2D eigenvalue weighted by molar-refractivity contribution is 6.35. The van der Waals surface area contributed by atoms with Crippen molar-refractivity contribution in [2.45, 2.75) is 44.3 Å². The smallest absolute Gasteiger partial charge is 0.334 e. The number of hydrogen-bond acceptors (Lipinski definition) is 3. The van der Waals surface area contributed by atoms with Gasteiger partial charge in [0.15, 0.2) is 0 Å². The number of halogens is 8. The number of nitrogens with zero attached hydrogens (tertiary/aromatic N) is 1. The summed E-state index contributed by atoms with van der Waals surface area (Å²) in [4.78, 5) is 25.5. The van der Waals surface area contributed by atoms with Crippen molar-refractivity contribution in [1.29, 1.82) is 5.26 Å². The van der Waals surface area contributed by atoms with Crippen LogP contribution in [0, 0.1) is 18.3 Å². The van der Waals surface area contributed by atoms with Crippen molar-refractivity contribution in [3.05, 3.63) is 63.7 Å². The topological polar surface area (TPSA) is 82.0 Å². The molecule has 2 aromatic carbocycles. The summed E-state index contributed by atoms with van der Waals surface area (Å²) in [6.45, 7) is 3.99. The van der Waals surface area contributed by atoms with E-state index < -0.39 is 52.2 Å². The maximum Gasteiger partial charge on any atom is 0.435 e. The highest BCUT2D eigenvalue weighted by atomic mass is 35.5. The SMILES string of the molecule is Cc1ccc(C(F)(C(F)(F)F)C(F)(F)F)cc1NC(=O)c1c(Cl)cccc1C(=O)NC(C)(C)C#N. The van der Waals surface area contributed by atoms with Gasteiger partial charge in [0.05, 0.1) is 22.2 Å². The Kier molecular flexibility index (Phi) is 7.47. The third-order valence-corrected chi connectivity index (χ3v) is 5.17. The van der Waals surface area contributed by atoms with Crippen LogP contribution in [0.25, 0.3) is 0 Å². The minimum absolute atomic E-state index is 0.00234. The second-order valence-electron chi connectivity index (χ2n) is 7.99. The van der Waals surface area contributed by atoms with Crippen molar-refractivity contribution < 1.29 is 40.3 Å². The first-order chi connectivity index (χ1) is 15.9. The van der Waals surface area contributed by atoms with E-state index in [0.29, 0.717) is 6.07 Å². The molecular weight excluding hydrogens is 507 g/mol.